The number of methoxy groups -OCH3 is 4. The molecule has 1 aromatic rings. The van der Waals surface area contributed by atoms with Gasteiger partial charge in [0.15, 0.2) is 0 Å². The van der Waals surface area contributed by atoms with Crippen molar-refractivity contribution in [3.63, 3.8) is 0 Å². The molecule has 1 aromatic heterocycles. The third-order valence-electron chi connectivity index (χ3n) is 4.40. The third-order valence-corrected chi connectivity index (χ3v) is 4.40. The Hall–Kier alpha value is -2.10. The van der Waals surface area contributed by atoms with Gasteiger partial charge in [-0.25, -0.2) is 5.43 Å². The Kier molecular flexibility index (Phi) is 6.63. The molecule has 8 nitrogen and oxygen atoms in total. The van der Waals surface area contributed by atoms with Crippen LogP contribution in [0.4, 0.5) is 0 Å². The second kappa shape index (κ2) is 8.52. The topological polar surface area (TPSA) is 90.9 Å². The van der Waals surface area contributed by atoms with Crippen LogP contribution in [0.3, 0.4) is 0 Å². The van der Waals surface area contributed by atoms with E-state index in [4.69, 9.17) is 18.9 Å². The van der Waals surface area contributed by atoms with E-state index in [2.05, 4.69) is 15.8 Å². The van der Waals surface area contributed by atoms with Crippen LogP contribution in [0, 0.1) is 0 Å². The van der Waals surface area contributed by atoms with Crippen molar-refractivity contribution < 1.29 is 23.7 Å². The summed E-state index contributed by atoms with van der Waals surface area (Å²) >= 11 is 0. The monoisotopic (exact) mass is 363 g/mol. The van der Waals surface area contributed by atoms with E-state index in [1.165, 1.54) is 28.4 Å². The molecule has 1 amide bonds. The van der Waals surface area contributed by atoms with Crippen LogP contribution < -0.4 is 10.9 Å². The largest absolute Gasteiger partial charge is 0.345 e. The highest BCUT2D eigenvalue weighted by atomic mass is 16.8. The second-order valence-electron chi connectivity index (χ2n) is 5.69. The molecule has 142 valence electrons. The van der Waals surface area contributed by atoms with Crippen LogP contribution in [0.1, 0.15) is 17.3 Å². The number of amides is 1. The fourth-order valence-electron chi connectivity index (χ4n) is 2.78. The van der Waals surface area contributed by atoms with E-state index >= 15 is 0 Å². The molecule has 0 saturated carbocycles. The van der Waals surface area contributed by atoms with Crippen LogP contribution in [0.15, 0.2) is 48.3 Å². The van der Waals surface area contributed by atoms with Gasteiger partial charge in [0.2, 0.25) is 11.6 Å². The first-order valence-electron chi connectivity index (χ1n) is 8.06. The molecule has 1 unspecified atom stereocenters. The fourth-order valence-corrected chi connectivity index (χ4v) is 2.78. The first-order valence-corrected chi connectivity index (χ1v) is 8.06. The van der Waals surface area contributed by atoms with Gasteiger partial charge in [-0.05, 0) is 36.8 Å². The lowest BCUT2D eigenvalue weighted by Gasteiger charge is -2.44. The molecule has 1 aliphatic carbocycles. The summed E-state index contributed by atoms with van der Waals surface area (Å²) in [6.45, 7) is 1.89. The molecule has 0 aliphatic heterocycles. The Morgan fingerprint density at radius 3 is 2.15 bits per heavy atom. The maximum atomic E-state index is 12.1. The van der Waals surface area contributed by atoms with Crippen molar-refractivity contribution >= 4 is 5.91 Å². The number of hydrogen-bond acceptors (Lipinski definition) is 7. The molecule has 2 N–H and O–H groups in total. The van der Waals surface area contributed by atoms with E-state index in [0.29, 0.717) is 5.56 Å². The highest BCUT2D eigenvalue weighted by Gasteiger charge is 2.53. The normalized spacial score (nSPS) is 18.9. The quantitative estimate of drug-likeness (QED) is 0.529. The molecule has 0 aromatic carbocycles. The number of nitrogens with one attached hydrogen (secondary N) is 2. The summed E-state index contributed by atoms with van der Waals surface area (Å²) in [7, 11) is 6.03. The number of hydrazine groups is 1. The second-order valence-corrected chi connectivity index (χ2v) is 5.69. The number of rotatable bonds is 8. The van der Waals surface area contributed by atoms with Gasteiger partial charge in [0.1, 0.15) is 0 Å². The molecule has 0 saturated heterocycles. The number of carbonyl (C=O) groups is 1. The fraction of sp³-hybridized carbons (Fsp3) is 0.444. The minimum absolute atomic E-state index is 0.228. The maximum Gasteiger partial charge on any atom is 0.265 e. The van der Waals surface area contributed by atoms with Crippen LogP contribution in [-0.4, -0.2) is 56.9 Å². The molecule has 1 atom stereocenters. The van der Waals surface area contributed by atoms with Gasteiger partial charge in [0, 0.05) is 52.4 Å². The van der Waals surface area contributed by atoms with Gasteiger partial charge in [-0.3, -0.25) is 15.2 Å². The highest BCUT2D eigenvalue weighted by molar-refractivity contribution is 5.93. The predicted octanol–water partition coefficient (Wildman–Crippen LogP) is 1.18. The molecular weight excluding hydrogens is 338 g/mol. The van der Waals surface area contributed by atoms with Crippen molar-refractivity contribution in [3.8, 4) is 0 Å². The summed E-state index contributed by atoms with van der Waals surface area (Å²) < 4.78 is 22.2. The van der Waals surface area contributed by atoms with Crippen LogP contribution in [0.2, 0.25) is 0 Å². The maximum absolute atomic E-state index is 12.1. The summed E-state index contributed by atoms with van der Waals surface area (Å²) in [5.74, 6) is -2.75. The van der Waals surface area contributed by atoms with Crippen molar-refractivity contribution in [2.45, 2.75) is 24.5 Å². The van der Waals surface area contributed by atoms with Crippen LogP contribution in [0.5, 0.6) is 0 Å². The zero-order chi connectivity index (χ0) is 19.2. The molecule has 2 rings (SSSR count). The van der Waals surface area contributed by atoms with Gasteiger partial charge < -0.3 is 18.9 Å². The number of pyridine rings is 1. The van der Waals surface area contributed by atoms with Gasteiger partial charge >= 0.3 is 0 Å². The molecule has 26 heavy (non-hydrogen) atoms. The first kappa shape index (κ1) is 20.2. The van der Waals surface area contributed by atoms with Crippen LogP contribution in [-0.2, 0) is 18.9 Å². The lowest BCUT2D eigenvalue weighted by molar-refractivity contribution is -0.345. The number of carbonyl (C=O) groups excluding carboxylic acids is 1. The van der Waals surface area contributed by atoms with E-state index in [0.717, 1.165) is 5.57 Å². The minimum atomic E-state index is -1.27. The van der Waals surface area contributed by atoms with Gasteiger partial charge in [0.05, 0.1) is 0 Å². The van der Waals surface area contributed by atoms with Crippen molar-refractivity contribution in [1.29, 1.82) is 0 Å². The average molecular weight is 363 g/mol. The van der Waals surface area contributed by atoms with Crippen molar-refractivity contribution in [1.82, 2.24) is 15.8 Å². The van der Waals surface area contributed by atoms with E-state index in [-0.39, 0.29) is 11.9 Å². The number of nitrogens with zero attached hydrogens (tertiary/aromatic N) is 1. The van der Waals surface area contributed by atoms with Crippen molar-refractivity contribution in [2.24, 2.45) is 0 Å². The number of ether oxygens (including phenoxy) is 4. The Morgan fingerprint density at radius 1 is 1.04 bits per heavy atom. The smallest absolute Gasteiger partial charge is 0.265 e. The number of hydrogen-bond donors (Lipinski definition) is 2. The van der Waals surface area contributed by atoms with E-state index in [9.17, 15) is 4.79 Å². The summed E-state index contributed by atoms with van der Waals surface area (Å²) in [6.07, 6.45) is 8.44. The summed E-state index contributed by atoms with van der Waals surface area (Å²) in [5, 5.41) is 0. The molecule has 8 heteroatoms. The van der Waals surface area contributed by atoms with Crippen LogP contribution in [0.25, 0.3) is 0 Å². The predicted molar refractivity (Wildman–Crippen MR) is 95.0 cm³/mol. The molecular formula is C18H25N3O5. The van der Waals surface area contributed by atoms with Crippen molar-refractivity contribution in [2.75, 3.05) is 28.4 Å². The molecule has 0 radical (unpaired) electrons. The average Bonchev–Trinajstić information content (AvgIpc) is 2.71. The Balaban J connectivity index is 2.14. The van der Waals surface area contributed by atoms with Gasteiger partial charge in [0.25, 0.3) is 5.91 Å². The first-order chi connectivity index (χ1) is 12.5. The molecule has 1 aliphatic rings. The highest BCUT2D eigenvalue weighted by Crippen LogP contribution is 2.38. The molecule has 0 spiro atoms. The summed E-state index contributed by atoms with van der Waals surface area (Å²) in [5.41, 5.74) is 6.98. The Bertz CT molecular complexity index is 667. The minimum Gasteiger partial charge on any atom is -0.345 e. The van der Waals surface area contributed by atoms with E-state index in [1.54, 1.807) is 36.7 Å². The van der Waals surface area contributed by atoms with E-state index in [1.807, 2.05) is 13.0 Å². The van der Waals surface area contributed by atoms with Gasteiger partial charge in [-0.15, -0.1) is 0 Å². The molecule has 0 fully saturated rings. The van der Waals surface area contributed by atoms with Gasteiger partial charge in [-0.1, -0.05) is 6.08 Å². The lowest BCUT2D eigenvalue weighted by Crippen LogP contribution is -2.59. The SMILES string of the molecule is COC1(OC)C=CC(C(C)NNC(=O)c2ccncc2)=CC1(OC)OC. The Labute approximate surface area is 153 Å². The van der Waals surface area contributed by atoms with Crippen molar-refractivity contribution in [3.05, 3.63) is 53.9 Å². The Morgan fingerprint density at radius 2 is 1.62 bits per heavy atom. The van der Waals surface area contributed by atoms with Crippen LogP contribution >= 0.6 is 0 Å². The number of aromatic nitrogens is 1. The molecule has 0 bridgehead atoms. The zero-order valence-electron chi connectivity index (χ0n) is 15.6. The summed E-state index contributed by atoms with van der Waals surface area (Å²) in [4.78, 5) is 16.0. The standard InChI is InChI=1S/C18H25N3O5/c1-13(20-21-16(22)14-7-10-19-11-8-14)15-6-9-17(23-2,24-3)18(12-15,25-4)26-5/h6-13,20H,1-5H3,(H,21,22). The lowest BCUT2D eigenvalue weighted by atomic mass is 9.92. The summed E-state index contributed by atoms with van der Waals surface area (Å²) in [6, 6.07) is 3.04. The molecule has 1 heterocycles. The third kappa shape index (κ3) is 3.69. The zero-order valence-corrected chi connectivity index (χ0v) is 15.6. The van der Waals surface area contributed by atoms with E-state index < -0.39 is 11.6 Å². The van der Waals surface area contributed by atoms with Gasteiger partial charge in [-0.2, -0.15) is 0 Å².